The van der Waals surface area contributed by atoms with Gasteiger partial charge in [-0.25, -0.2) is 13.4 Å². The zero-order chi connectivity index (χ0) is 13.1. The van der Waals surface area contributed by atoms with Crippen molar-refractivity contribution in [3.8, 4) is 6.07 Å². The van der Waals surface area contributed by atoms with E-state index in [-0.39, 0.29) is 17.2 Å². The smallest absolute Gasteiger partial charge is 0.244 e. The molecule has 0 aliphatic rings. The molecule has 0 bridgehead atoms. The second kappa shape index (κ2) is 5.23. The van der Waals surface area contributed by atoms with E-state index in [0.717, 1.165) is 10.5 Å². The van der Waals surface area contributed by atoms with Gasteiger partial charge in [-0.1, -0.05) is 0 Å². The summed E-state index contributed by atoms with van der Waals surface area (Å²) >= 11 is 0. The van der Waals surface area contributed by atoms with Gasteiger partial charge in [-0.3, -0.25) is 0 Å². The molecule has 0 aliphatic carbocycles. The molecule has 1 aromatic rings. The molecule has 1 atom stereocenters. The topological polar surface area (TPSA) is 94.3 Å². The maximum absolute atomic E-state index is 12.0. The summed E-state index contributed by atoms with van der Waals surface area (Å²) < 4.78 is 25.1. The Kier molecular flexibility index (Phi) is 4.17. The third-order valence-corrected chi connectivity index (χ3v) is 4.37. The Labute approximate surface area is 100 Å². The predicted molar refractivity (Wildman–Crippen MR) is 60.4 cm³/mol. The number of nitrogens with zero attached hydrogens (tertiary/aromatic N) is 3. The van der Waals surface area contributed by atoms with Gasteiger partial charge in [0.05, 0.1) is 6.61 Å². The first-order chi connectivity index (χ1) is 7.93. The van der Waals surface area contributed by atoms with Crippen LogP contribution < -0.4 is 0 Å². The summed E-state index contributed by atoms with van der Waals surface area (Å²) in [6, 6.07) is 3.95. The second-order valence-electron chi connectivity index (χ2n) is 3.54. The van der Waals surface area contributed by atoms with Gasteiger partial charge in [0.15, 0.2) is 0 Å². The number of rotatable bonds is 4. The molecule has 0 spiro atoms. The average molecular weight is 255 g/mol. The lowest BCUT2D eigenvalue weighted by atomic mass is 10.4. The summed E-state index contributed by atoms with van der Waals surface area (Å²) in [6.07, 6.45) is 1.13. The Morgan fingerprint density at radius 3 is 2.65 bits per heavy atom. The molecule has 0 aliphatic heterocycles. The quantitative estimate of drug-likeness (QED) is 0.814. The van der Waals surface area contributed by atoms with Crippen LogP contribution in [-0.2, 0) is 10.0 Å². The fourth-order valence-corrected chi connectivity index (χ4v) is 2.42. The second-order valence-corrected chi connectivity index (χ2v) is 5.54. The highest BCUT2D eigenvalue weighted by molar-refractivity contribution is 7.89. The van der Waals surface area contributed by atoms with Crippen LogP contribution in [0.15, 0.2) is 23.2 Å². The van der Waals surface area contributed by atoms with Gasteiger partial charge < -0.3 is 5.11 Å². The van der Waals surface area contributed by atoms with Crippen LogP contribution in [-0.4, -0.2) is 42.5 Å². The van der Waals surface area contributed by atoms with E-state index in [1.807, 2.05) is 6.07 Å². The van der Waals surface area contributed by atoms with E-state index < -0.39 is 16.1 Å². The van der Waals surface area contributed by atoms with Gasteiger partial charge in [0.25, 0.3) is 0 Å². The van der Waals surface area contributed by atoms with Gasteiger partial charge in [0.1, 0.15) is 16.7 Å². The van der Waals surface area contributed by atoms with Crippen LogP contribution in [0.25, 0.3) is 0 Å². The number of nitriles is 1. The molecule has 17 heavy (non-hydrogen) atoms. The van der Waals surface area contributed by atoms with Crippen molar-refractivity contribution in [2.45, 2.75) is 17.9 Å². The molecular formula is C10H13N3O3S. The molecule has 1 aromatic heterocycles. The molecule has 0 saturated carbocycles. The molecule has 0 saturated heterocycles. The monoisotopic (exact) mass is 255 g/mol. The van der Waals surface area contributed by atoms with E-state index in [2.05, 4.69) is 4.98 Å². The largest absolute Gasteiger partial charge is 0.395 e. The summed E-state index contributed by atoms with van der Waals surface area (Å²) in [5.74, 6) is 0. The third kappa shape index (κ3) is 2.79. The van der Waals surface area contributed by atoms with Crippen LogP contribution in [0.4, 0.5) is 0 Å². The first kappa shape index (κ1) is 13.6. The van der Waals surface area contributed by atoms with Crippen molar-refractivity contribution in [3.05, 3.63) is 24.0 Å². The molecular weight excluding hydrogens is 242 g/mol. The number of pyridine rings is 1. The van der Waals surface area contributed by atoms with E-state index >= 15 is 0 Å². The Morgan fingerprint density at radius 1 is 1.59 bits per heavy atom. The normalized spacial score (nSPS) is 13.4. The first-order valence-electron chi connectivity index (χ1n) is 4.88. The first-order valence-corrected chi connectivity index (χ1v) is 6.32. The van der Waals surface area contributed by atoms with Crippen molar-refractivity contribution in [1.29, 1.82) is 5.26 Å². The molecule has 0 amide bonds. The van der Waals surface area contributed by atoms with Crippen molar-refractivity contribution in [2.24, 2.45) is 0 Å². The third-order valence-electron chi connectivity index (χ3n) is 2.41. The molecule has 0 aromatic carbocycles. The average Bonchev–Trinajstić information content (AvgIpc) is 2.36. The molecule has 1 heterocycles. The van der Waals surface area contributed by atoms with Crippen LogP contribution in [0.1, 0.15) is 12.6 Å². The van der Waals surface area contributed by atoms with Crippen molar-refractivity contribution < 1.29 is 13.5 Å². The minimum Gasteiger partial charge on any atom is -0.395 e. The zero-order valence-corrected chi connectivity index (χ0v) is 10.3. The van der Waals surface area contributed by atoms with Crippen LogP contribution in [0, 0.1) is 11.3 Å². The van der Waals surface area contributed by atoms with E-state index in [4.69, 9.17) is 10.4 Å². The molecule has 0 fully saturated rings. The summed E-state index contributed by atoms with van der Waals surface area (Å²) in [7, 11) is -2.29. The lowest BCUT2D eigenvalue weighted by Crippen LogP contribution is -2.37. The van der Waals surface area contributed by atoms with Crippen LogP contribution in [0.5, 0.6) is 0 Å². The molecule has 92 valence electrons. The highest BCUT2D eigenvalue weighted by Crippen LogP contribution is 2.15. The van der Waals surface area contributed by atoms with Gasteiger partial charge in [-0.15, -0.1) is 0 Å². The highest BCUT2D eigenvalue weighted by atomic mass is 32.2. The SMILES string of the molecule is CC(CO)N(C)S(=O)(=O)c1ccc(C#N)nc1. The maximum Gasteiger partial charge on any atom is 0.244 e. The van der Waals surface area contributed by atoms with Crippen molar-refractivity contribution in [1.82, 2.24) is 9.29 Å². The van der Waals surface area contributed by atoms with Gasteiger partial charge in [0.2, 0.25) is 10.0 Å². The fourth-order valence-electron chi connectivity index (χ4n) is 1.12. The Hall–Kier alpha value is -1.49. The van der Waals surface area contributed by atoms with E-state index in [1.54, 1.807) is 6.92 Å². The summed E-state index contributed by atoms with van der Waals surface area (Å²) in [5, 5.41) is 17.5. The van der Waals surface area contributed by atoms with Crippen LogP contribution in [0.2, 0.25) is 0 Å². The number of likely N-dealkylation sites (N-methyl/N-ethyl adjacent to an activating group) is 1. The Bertz CT molecular complexity index is 519. The Balaban J connectivity index is 3.09. The number of hydrogen-bond donors (Lipinski definition) is 1. The standard InChI is InChI=1S/C10H13N3O3S/c1-8(7-14)13(2)17(15,16)10-4-3-9(5-11)12-6-10/h3-4,6,8,14H,7H2,1-2H3. The van der Waals surface area contributed by atoms with Crippen molar-refractivity contribution >= 4 is 10.0 Å². The van der Waals surface area contributed by atoms with Gasteiger partial charge in [0, 0.05) is 19.3 Å². The number of hydrogen-bond acceptors (Lipinski definition) is 5. The summed E-state index contributed by atoms with van der Waals surface area (Å²) in [4.78, 5) is 3.70. The minimum atomic E-state index is -3.67. The molecule has 1 N–H and O–H groups in total. The fraction of sp³-hybridized carbons (Fsp3) is 0.400. The van der Waals surface area contributed by atoms with Gasteiger partial charge in [-0.05, 0) is 19.1 Å². The number of sulfonamides is 1. The minimum absolute atomic E-state index is 0.000648. The van der Waals surface area contributed by atoms with Crippen LogP contribution in [0.3, 0.4) is 0 Å². The lowest BCUT2D eigenvalue weighted by Gasteiger charge is -2.22. The Morgan fingerprint density at radius 2 is 2.24 bits per heavy atom. The zero-order valence-electron chi connectivity index (χ0n) is 9.53. The van der Waals surface area contributed by atoms with E-state index in [0.29, 0.717) is 0 Å². The number of aromatic nitrogens is 1. The molecule has 0 radical (unpaired) electrons. The van der Waals surface area contributed by atoms with Crippen molar-refractivity contribution in [3.63, 3.8) is 0 Å². The lowest BCUT2D eigenvalue weighted by molar-refractivity contribution is 0.214. The van der Waals surface area contributed by atoms with E-state index in [1.165, 1.54) is 19.2 Å². The highest BCUT2D eigenvalue weighted by Gasteiger charge is 2.25. The van der Waals surface area contributed by atoms with Crippen molar-refractivity contribution in [2.75, 3.05) is 13.7 Å². The maximum atomic E-state index is 12.0. The number of aliphatic hydroxyl groups is 1. The summed E-state index contributed by atoms with van der Waals surface area (Å²) in [5.41, 5.74) is 0.154. The summed E-state index contributed by atoms with van der Waals surface area (Å²) in [6.45, 7) is 1.33. The van der Waals surface area contributed by atoms with Gasteiger partial charge in [-0.2, -0.15) is 9.57 Å². The number of aliphatic hydroxyl groups excluding tert-OH is 1. The van der Waals surface area contributed by atoms with Gasteiger partial charge >= 0.3 is 0 Å². The van der Waals surface area contributed by atoms with E-state index in [9.17, 15) is 8.42 Å². The molecule has 1 unspecified atom stereocenters. The van der Waals surface area contributed by atoms with Crippen LogP contribution >= 0.6 is 0 Å². The predicted octanol–water partition coefficient (Wildman–Crippen LogP) is -0.0454. The molecule has 1 rings (SSSR count). The molecule has 6 nitrogen and oxygen atoms in total. The molecule has 7 heteroatoms.